The molecule has 2 N–H and O–H groups in total. The van der Waals surface area contributed by atoms with Crippen LogP contribution in [-0.2, 0) is 0 Å². The molecule has 6 heteroatoms. The van der Waals surface area contributed by atoms with Gasteiger partial charge in [0.15, 0.2) is 5.75 Å². The molecule has 0 radical (unpaired) electrons. The third kappa shape index (κ3) is 2.11. The number of hydrogen-bond acceptors (Lipinski definition) is 4. The van der Waals surface area contributed by atoms with Crippen LogP contribution in [0.2, 0.25) is 0 Å². The number of hydrogen-bond donors (Lipinski definition) is 1. The Morgan fingerprint density at radius 2 is 2.25 bits per heavy atom. The molecule has 0 saturated heterocycles. The summed E-state index contributed by atoms with van der Waals surface area (Å²) in [5.74, 6) is -1.03. The molecule has 1 aromatic carbocycles. The molecule has 0 spiro atoms. The summed E-state index contributed by atoms with van der Waals surface area (Å²) in [4.78, 5) is 10.2. The summed E-state index contributed by atoms with van der Waals surface area (Å²) in [6, 6.07) is 2.38. The lowest BCUT2D eigenvalue weighted by Crippen LogP contribution is -2.13. The number of nitrogens with two attached hydrogens (primary N) is 1. The summed E-state index contributed by atoms with van der Waals surface area (Å²) in [5.41, 5.74) is 5.05. The molecule has 0 bridgehead atoms. The fourth-order valence-corrected chi connectivity index (χ4v) is 1.50. The first kappa shape index (κ1) is 12.4. The Morgan fingerprint density at radius 3 is 2.69 bits per heavy atom. The lowest BCUT2D eigenvalue weighted by Gasteiger charge is -2.12. The van der Waals surface area contributed by atoms with Gasteiger partial charge >= 0.3 is 5.69 Å². The quantitative estimate of drug-likeness (QED) is 0.629. The summed E-state index contributed by atoms with van der Waals surface area (Å²) in [7, 11) is 1.30. The van der Waals surface area contributed by atoms with E-state index in [1.54, 1.807) is 6.92 Å². The van der Waals surface area contributed by atoms with Crippen LogP contribution in [0.1, 0.15) is 18.4 Å². The van der Waals surface area contributed by atoms with Crippen LogP contribution in [0.25, 0.3) is 0 Å². The molecule has 0 heterocycles. The van der Waals surface area contributed by atoms with Crippen molar-refractivity contribution in [2.45, 2.75) is 12.8 Å². The van der Waals surface area contributed by atoms with Crippen LogP contribution < -0.4 is 10.5 Å². The second-order valence-corrected chi connectivity index (χ2v) is 3.41. The SMILES string of the molecule is COc1ccc(F)c(C(C)CN)c1[N+](=O)[O-]. The summed E-state index contributed by atoms with van der Waals surface area (Å²) in [5, 5.41) is 10.9. The highest BCUT2D eigenvalue weighted by molar-refractivity contribution is 5.54. The van der Waals surface area contributed by atoms with Crippen molar-refractivity contribution < 1.29 is 14.1 Å². The van der Waals surface area contributed by atoms with E-state index in [4.69, 9.17) is 10.5 Å². The van der Waals surface area contributed by atoms with Gasteiger partial charge in [0.1, 0.15) is 5.82 Å². The van der Waals surface area contributed by atoms with E-state index in [0.29, 0.717) is 0 Å². The van der Waals surface area contributed by atoms with Crippen LogP contribution in [0.3, 0.4) is 0 Å². The Morgan fingerprint density at radius 1 is 1.62 bits per heavy atom. The molecule has 1 unspecified atom stereocenters. The highest BCUT2D eigenvalue weighted by Crippen LogP contribution is 2.36. The third-order valence-corrected chi connectivity index (χ3v) is 2.38. The van der Waals surface area contributed by atoms with Crippen molar-refractivity contribution in [1.82, 2.24) is 0 Å². The largest absolute Gasteiger partial charge is 0.490 e. The minimum Gasteiger partial charge on any atom is -0.490 e. The highest BCUT2D eigenvalue weighted by atomic mass is 19.1. The van der Waals surface area contributed by atoms with E-state index >= 15 is 0 Å². The molecule has 1 rings (SSSR count). The zero-order chi connectivity index (χ0) is 12.3. The zero-order valence-electron chi connectivity index (χ0n) is 9.07. The summed E-state index contributed by atoms with van der Waals surface area (Å²) >= 11 is 0. The van der Waals surface area contributed by atoms with E-state index in [9.17, 15) is 14.5 Å². The summed E-state index contributed by atoms with van der Waals surface area (Å²) in [6.07, 6.45) is 0. The first-order chi connectivity index (χ1) is 7.52. The van der Waals surface area contributed by atoms with E-state index in [-0.39, 0.29) is 23.5 Å². The van der Waals surface area contributed by atoms with Crippen molar-refractivity contribution in [2.75, 3.05) is 13.7 Å². The second-order valence-electron chi connectivity index (χ2n) is 3.41. The van der Waals surface area contributed by atoms with Gasteiger partial charge in [0.2, 0.25) is 0 Å². The fourth-order valence-electron chi connectivity index (χ4n) is 1.50. The minimum absolute atomic E-state index is 0.00755. The number of nitrogens with zero attached hydrogens (tertiary/aromatic N) is 1. The van der Waals surface area contributed by atoms with Gasteiger partial charge in [0, 0.05) is 5.92 Å². The van der Waals surface area contributed by atoms with Gasteiger partial charge in [0.25, 0.3) is 0 Å². The number of halogens is 1. The van der Waals surface area contributed by atoms with Gasteiger partial charge in [-0.2, -0.15) is 0 Å². The normalized spacial score (nSPS) is 12.2. The van der Waals surface area contributed by atoms with E-state index < -0.39 is 16.7 Å². The van der Waals surface area contributed by atoms with Gasteiger partial charge in [-0.25, -0.2) is 4.39 Å². The number of rotatable bonds is 4. The molecule has 1 aromatic rings. The van der Waals surface area contributed by atoms with Gasteiger partial charge in [0.05, 0.1) is 17.6 Å². The molecule has 88 valence electrons. The maximum Gasteiger partial charge on any atom is 0.317 e. The van der Waals surface area contributed by atoms with Crippen LogP contribution in [0.5, 0.6) is 5.75 Å². The molecular weight excluding hydrogens is 215 g/mol. The Balaban J connectivity index is 3.47. The Labute approximate surface area is 92.2 Å². The first-order valence-electron chi connectivity index (χ1n) is 4.73. The van der Waals surface area contributed by atoms with E-state index in [1.165, 1.54) is 13.2 Å². The number of nitro groups is 1. The molecule has 0 fully saturated rings. The van der Waals surface area contributed by atoms with Crippen molar-refractivity contribution in [3.8, 4) is 5.75 Å². The summed E-state index contributed by atoms with van der Waals surface area (Å²) in [6.45, 7) is 1.76. The lowest BCUT2D eigenvalue weighted by atomic mass is 9.98. The molecule has 5 nitrogen and oxygen atoms in total. The summed E-state index contributed by atoms with van der Waals surface area (Å²) < 4.78 is 18.4. The second kappa shape index (κ2) is 4.89. The number of nitro benzene ring substituents is 1. The van der Waals surface area contributed by atoms with E-state index in [1.807, 2.05) is 0 Å². The van der Waals surface area contributed by atoms with Gasteiger partial charge in [-0.05, 0) is 18.7 Å². The molecule has 0 aliphatic rings. The van der Waals surface area contributed by atoms with Crippen molar-refractivity contribution in [3.63, 3.8) is 0 Å². The van der Waals surface area contributed by atoms with Crippen molar-refractivity contribution in [2.24, 2.45) is 5.73 Å². The molecule has 16 heavy (non-hydrogen) atoms. The number of methoxy groups -OCH3 is 1. The van der Waals surface area contributed by atoms with Gasteiger partial charge in [-0.3, -0.25) is 10.1 Å². The number of benzene rings is 1. The van der Waals surface area contributed by atoms with Crippen LogP contribution in [0, 0.1) is 15.9 Å². The smallest absolute Gasteiger partial charge is 0.317 e. The van der Waals surface area contributed by atoms with Crippen LogP contribution in [0.4, 0.5) is 10.1 Å². The zero-order valence-corrected chi connectivity index (χ0v) is 9.07. The fraction of sp³-hybridized carbons (Fsp3) is 0.400. The van der Waals surface area contributed by atoms with Gasteiger partial charge < -0.3 is 10.5 Å². The van der Waals surface area contributed by atoms with Crippen molar-refractivity contribution >= 4 is 5.69 Å². The molecular formula is C10H13FN2O3. The van der Waals surface area contributed by atoms with E-state index in [2.05, 4.69) is 0 Å². The van der Waals surface area contributed by atoms with Crippen LogP contribution in [-0.4, -0.2) is 18.6 Å². The topological polar surface area (TPSA) is 78.4 Å². The predicted molar refractivity (Wildman–Crippen MR) is 57.1 cm³/mol. The maximum absolute atomic E-state index is 13.5. The van der Waals surface area contributed by atoms with Gasteiger partial charge in [-0.15, -0.1) is 0 Å². The van der Waals surface area contributed by atoms with Crippen LogP contribution in [0.15, 0.2) is 12.1 Å². The van der Waals surface area contributed by atoms with Gasteiger partial charge in [-0.1, -0.05) is 6.92 Å². The minimum atomic E-state index is -0.649. The Kier molecular flexibility index (Phi) is 3.78. The standard InChI is InChI=1S/C10H13FN2O3/c1-6(5-12)9-7(11)3-4-8(16-2)10(9)13(14)15/h3-4,6H,5,12H2,1-2H3. The highest BCUT2D eigenvalue weighted by Gasteiger charge is 2.27. The average molecular weight is 228 g/mol. The Hall–Kier alpha value is -1.69. The monoisotopic (exact) mass is 228 g/mol. The third-order valence-electron chi connectivity index (χ3n) is 2.38. The lowest BCUT2D eigenvalue weighted by molar-refractivity contribution is -0.386. The molecule has 0 amide bonds. The molecule has 0 aliphatic carbocycles. The van der Waals surface area contributed by atoms with Crippen molar-refractivity contribution in [3.05, 3.63) is 33.6 Å². The van der Waals surface area contributed by atoms with Crippen molar-refractivity contribution in [1.29, 1.82) is 0 Å². The van der Waals surface area contributed by atoms with Crippen LogP contribution >= 0.6 is 0 Å². The molecule has 0 saturated carbocycles. The molecule has 0 aromatic heterocycles. The maximum atomic E-state index is 13.5. The first-order valence-corrected chi connectivity index (χ1v) is 4.73. The molecule has 1 atom stereocenters. The Bertz CT molecular complexity index is 409. The average Bonchev–Trinajstić information content (AvgIpc) is 2.27. The molecule has 0 aliphatic heterocycles. The number of ether oxygens (including phenoxy) is 1. The predicted octanol–water partition coefficient (Wildman–Crippen LogP) is 1.80. The van der Waals surface area contributed by atoms with E-state index in [0.717, 1.165) is 6.07 Å².